The summed E-state index contributed by atoms with van der Waals surface area (Å²) in [5.74, 6) is 6.06. The van der Waals surface area contributed by atoms with E-state index < -0.39 is 0 Å². The number of likely N-dealkylation sites (tertiary alicyclic amines) is 1. The van der Waals surface area contributed by atoms with Gasteiger partial charge in [-0.2, -0.15) is 0 Å². The fraction of sp³-hybridized carbons (Fsp3) is 0.643. The number of pyridine rings is 1. The average Bonchev–Trinajstić information content (AvgIpc) is 2.85. The molecular formula is C14H23ClN4. The van der Waals surface area contributed by atoms with Gasteiger partial charge in [0.15, 0.2) is 0 Å². The lowest BCUT2D eigenvalue weighted by Gasteiger charge is -2.26. The highest BCUT2D eigenvalue weighted by Crippen LogP contribution is 2.37. The minimum Gasteiger partial charge on any atom is -0.308 e. The molecular weight excluding hydrogens is 260 g/mol. The number of nitrogens with zero attached hydrogens (tertiary/aromatic N) is 2. The van der Waals surface area contributed by atoms with Gasteiger partial charge in [-0.05, 0) is 43.4 Å². The zero-order valence-corrected chi connectivity index (χ0v) is 12.5. The molecule has 1 fully saturated rings. The number of nitrogens with one attached hydrogen (secondary N) is 1. The van der Waals surface area contributed by atoms with E-state index >= 15 is 0 Å². The maximum absolute atomic E-state index is 6.21. The van der Waals surface area contributed by atoms with Gasteiger partial charge in [0.05, 0.1) is 10.7 Å². The van der Waals surface area contributed by atoms with Crippen molar-refractivity contribution >= 4 is 17.4 Å². The molecule has 1 aliphatic rings. The predicted molar refractivity (Wildman–Crippen MR) is 80.0 cm³/mol. The summed E-state index contributed by atoms with van der Waals surface area (Å²) in [5, 5.41) is 0.712. The lowest BCUT2D eigenvalue weighted by atomic mass is 9.82. The molecule has 0 atom stereocenters. The van der Waals surface area contributed by atoms with Crippen molar-refractivity contribution in [2.45, 2.75) is 39.7 Å². The molecule has 19 heavy (non-hydrogen) atoms. The number of aromatic nitrogens is 1. The van der Waals surface area contributed by atoms with Crippen LogP contribution in [0.5, 0.6) is 0 Å². The third-order valence-electron chi connectivity index (χ3n) is 4.46. The first-order valence-electron chi connectivity index (χ1n) is 6.97. The van der Waals surface area contributed by atoms with Gasteiger partial charge in [0.2, 0.25) is 0 Å². The van der Waals surface area contributed by atoms with Crippen LogP contribution in [0.1, 0.15) is 38.8 Å². The Bertz CT molecular complexity index is 431. The molecule has 106 valence electrons. The third kappa shape index (κ3) is 3.19. The largest absolute Gasteiger partial charge is 0.308 e. The van der Waals surface area contributed by atoms with Gasteiger partial charge >= 0.3 is 0 Å². The summed E-state index contributed by atoms with van der Waals surface area (Å²) in [4.78, 5) is 6.89. The van der Waals surface area contributed by atoms with E-state index in [2.05, 4.69) is 29.2 Å². The van der Waals surface area contributed by atoms with Crippen LogP contribution in [0.3, 0.4) is 0 Å². The molecule has 0 aliphatic carbocycles. The Morgan fingerprint density at radius 3 is 2.74 bits per heavy atom. The van der Waals surface area contributed by atoms with Crippen LogP contribution in [0.2, 0.25) is 5.02 Å². The van der Waals surface area contributed by atoms with Gasteiger partial charge in [-0.15, -0.1) is 0 Å². The van der Waals surface area contributed by atoms with E-state index in [9.17, 15) is 0 Å². The summed E-state index contributed by atoms with van der Waals surface area (Å²) in [6.07, 6.45) is 3.75. The summed E-state index contributed by atoms with van der Waals surface area (Å²) in [7, 11) is 0. The second-order valence-electron chi connectivity index (χ2n) is 5.44. The van der Waals surface area contributed by atoms with Crippen molar-refractivity contribution < 1.29 is 0 Å². The standard InChI is InChI=1S/C14H23ClN4/c1-3-14(4-2)7-8-19(10-14)9-12-11(15)5-6-13(17-12)18-16/h5-6H,3-4,7-10,16H2,1-2H3,(H,17,18). The first kappa shape index (κ1) is 14.6. The second kappa shape index (κ2) is 6.07. The van der Waals surface area contributed by atoms with Crippen molar-refractivity contribution in [1.29, 1.82) is 0 Å². The highest BCUT2D eigenvalue weighted by molar-refractivity contribution is 6.31. The Morgan fingerprint density at radius 1 is 1.42 bits per heavy atom. The molecule has 0 unspecified atom stereocenters. The molecule has 5 heteroatoms. The molecule has 2 rings (SSSR count). The molecule has 0 aromatic carbocycles. The Hall–Kier alpha value is -0.840. The van der Waals surface area contributed by atoms with E-state index in [1.165, 1.54) is 19.3 Å². The summed E-state index contributed by atoms with van der Waals surface area (Å²) < 4.78 is 0. The van der Waals surface area contributed by atoms with E-state index in [0.29, 0.717) is 16.3 Å². The summed E-state index contributed by atoms with van der Waals surface area (Å²) in [6.45, 7) is 7.64. The Balaban J connectivity index is 2.06. The van der Waals surface area contributed by atoms with Crippen LogP contribution >= 0.6 is 11.6 Å². The first-order chi connectivity index (χ1) is 9.12. The minimum atomic E-state index is 0.482. The summed E-state index contributed by atoms with van der Waals surface area (Å²) >= 11 is 6.21. The van der Waals surface area contributed by atoms with Gasteiger partial charge in [-0.25, -0.2) is 10.8 Å². The fourth-order valence-electron chi connectivity index (χ4n) is 2.88. The van der Waals surface area contributed by atoms with Crippen LogP contribution in [0.15, 0.2) is 12.1 Å². The van der Waals surface area contributed by atoms with Gasteiger partial charge < -0.3 is 5.43 Å². The second-order valence-corrected chi connectivity index (χ2v) is 5.84. The van der Waals surface area contributed by atoms with Crippen molar-refractivity contribution in [3.05, 3.63) is 22.8 Å². The van der Waals surface area contributed by atoms with Crippen molar-refractivity contribution in [3.63, 3.8) is 0 Å². The van der Waals surface area contributed by atoms with E-state index in [1.54, 1.807) is 6.07 Å². The number of halogens is 1. The highest BCUT2D eigenvalue weighted by atomic mass is 35.5. The van der Waals surface area contributed by atoms with E-state index in [1.807, 2.05) is 6.07 Å². The molecule has 1 aromatic heterocycles. The normalized spacial score (nSPS) is 18.7. The van der Waals surface area contributed by atoms with Gasteiger partial charge in [0.25, 0.3) is 0 Å². The van der Waals surface area contributed by atoms with Crippen molar-refractivity contribution in [2.75, 3.05) is 18.5 Å². The summed E-state index contributed by atoms with van der Waals surface area (Å²) in [5.41, 5.74) is 3.96. The lowest BCUT2D eigenvalue weighted by molar-refractivity contribution is 0.235. The molecule has 1 saturated heterocycles. The number of anilines is 1. The number of hydrazine groups is 1. The first-order valence-corrected chi connectivity index (χ1v) is 7.34. The van der Waals surface area contributed by atoms with Gasteiger partial charge in [0.1, 0.15) is 5.82 Å². The number of hydrogen-bond acceptors (Lipinski definition) is 4. The zero-order chi connectivity index (χ0) is 13.9. The number of nitrogens with two attached hydrogens (primary N) is 1. The highest BCUT2D eigenvalue weighted by Gasteiger charge is 2.34. The van der Waals surface area contributed by atoms with E-state index in [4.69, 9.17) is 17.4 Å². The molecule has 4 nitrogen and oxygen atoms in total. The van der Waals surface area contributed by atoms with Crippen molar-refractivity contribution in [2.24, 2.45) is 11.3 Å². The Kier molecular flexibility index (Phi) is 4.66. The van der Waals surface area contributed by atoms with Crippen LogP contribution in [0.25, 0.3) is 0 Å². The van der Waals surface area contributed by atoms with Crippen LogP contribution in [0.4, 0.5) is 5.82 Å². The smallest absolute Gasteiger partial charge is 0.140 e. The topological polar surface area (TPSA) is 54.2 Å². The van der Waals surface area contributed by atoms with Crippen molar-refractivity contribution in [1.82, 2.24) is 9.88 Å². The molecule has 1 aromatic rings. The van der Waals surface area contributed by atoms with Crippen LogP contribution < -0.4 is 11.3 Å². The molecule has 0 saturated carbocycles. The molecule has 1 aliphatic heterocycles. The molecule has 2 heterocycles. The van der Waals surface area contributed by atoms with Gasteiger partial charge in [0, 0.05) is 13.1 Å². The van der Waals surface area contributed by atoms with E-state index in [-0.39, 0.29) is 0 Å². The Morgan fingerprint density at radius 2 is 2.16 bits per heavy atom. The van der Waals surface area contributed by atoms with Crippen molar-refractivity contribution in [3.8, 4) is 0 Å². The fourth-order valence-corrected chi connectivity index (χ4v) is 3.04. The monoisotopic (exact) mass is 282 g/mol. The molecule has 0 amide bonds. The number of nitrogen functional groups attached to an aromatic ring is 1. The third-order valence-corrected chi connectivity index (χ3v) is 4.80. The SMILES string of the molecule is CCC1(CC)CCN(Cc2nc(NN)ccc2Cl)C1. The molecule has 0 radical (unpaired) electrons. The quantitative estimate of drug-likeness (QED) is 0.644. The number of hydrogen-bond donors (Lipinski definition) is 2. The zero-order valence-electron chi connectivity index (χ0n) is 11.7. The maximum atomic E-state index is 6.21. The van der Waals surface area contributed by atoms with E-state index in [0.717, 1.165) is 25.3 Å². The minimum absolute atomic E-state index is 0.482. The van der Waals surface area contributed by atoms with Crippen LogP contribution in [0, 0.1) is 5.41 Å². The predicted octanol–water partition coefficient (Wildman–Crippen LogP) is 3.03. The maximum Gasteiger partial charge on any atom is 0.140 e. The Labute approximate surface area is 120 Å². The molecule has 3 N–H and O–H groups in total. The molecule has 0 bridgehead atoms. The van der Waals surface area contributed by atoms with Crippen LogP contribution in [-0.4, -0.2) is 23.0 Å². The summed E-state index contributed by atoms with van der Waals surface area (Å²) in [6, 6.07) is 3.64. The van der Waals surface area contributed by atoms with Gasteiger partial charge in [-0.1, -0.05) is 25.4 Å². The molecule has 0 spiro atoms. The van der Waals surface area contributed by atoms with Gasteiger partial charge in [-0.3, -0.25) is 4.90 Å². The average molecular weight is 283 g/mol. The number of rotatable bonds is 5. The lowest BCUT2D eigenvalue weighted by Crippen LogP contribution is -2.26. The van der Waals surface area contributed by atoms with Crippen LogP contribution in [-0.2, 0) is 6.54 Å².